The second-order valence-electron chi connectivity index (χ2n) is 3.39. The second kappa shape index (κ2) is 4.61. The predicted molar refractivity (Wildman–Crippen MR) is 60.9 cm³/mol. The van der Waals surface area contributed by atoms with Gasteiger partial charge in [-0.2, -0.15) is 0 Å². The second-order valence-corrected chi connectivity index (χ2v) is 3.39. The Balaban J connectivity index is 2.30. The van der Waals surface area contributed by atoms with Crippen molar-refractivity contribution in [3.8, 4) is 0 Å². The third-order valence-electron chi connectivity index (χ3n) is 2.11. The lowest BCUT2D eigenvalue weighted by Crippen LogP contribution is -1.99. The number of hydrogen-bond donors (Lipinski definition) is 2. The van der Waals surface area contributed by atoms with Crippen LogP contribution in [0.25, 0.3) is 0 Å². The molecule has 0 aliphatic rings. The van der Waals surface area contributed by atoms with E-state index in [0.717, 1.165) is 6.07 Å². The van der Waals surface area contributed by atoms with E-state index in [2.05, 4.69) is 10.3 Å². The van der Waals surface area contributed by atoms with E-state index in [1.165, 1.54) is 12.1 Å². The number of carboxylic acid groups (broad SMARTS) is 1. The topological polar surface area (TPSA) is 62.2 Å². The van der Waals surface area contributed by atoms with E-state index in [0.29, 0.717) is 11.4 Å². The average Bonchev–Trinajstić information content (AvgIpc) is 2.29. The molecule has 0 saturated heterocycles. The molecular weight excluding hydrogens is 223 g/mol. The number of aromatic carboxylic acids is 1. The largest absolute Gasteiger partial charge is 0.478 e. The lowest BCUT2D eigenvalue weighted by atomic mass is 10.2. The van der Waals surface area contributed by atoms with Crippen LogP contribution in [0.4, 0.5) is 15.8 Å². The van der Waals surface area contributed by atoms with Crippen molar-refractivity contribution < 1.29 is 14.3 Å². The third kappa shape index (κ3) is 2.78. The molecule has 1 heterocycles. The van der Waals surface area contributed by atoms with Crippen molar-refractivity contribution in [3.05, 3.63) is 54.1 Å². The Hall–Kier alpha value is -2.43. The number of aromatic nitrogens is 1. The fourth-order valence-electron chi connectivity index (χ4n) is 1.39. The first-order valence-corrected chi connectivity index (χ1v) is 4.86. The summed E-state index contributed by atoms with van der Waals surface area (Å²) < 4.78 is 13.2. The van der Waals surface area contributed by atoms with Gasteiger partial charge in [0.05, 0.1) is 5.56 Å². The van der Waals surface area contributed by atoms with E-state index >= 15 is 0 Å². The van der Waals surface area contributed by atoms with Crippen molar-refractivity contribution in [2.24, 2.45) is 0 Å². The summed E-state index contributed by atoms with van der Waals surface area (Å²) >= 11 is 0. The van der Waals surface area contributed by atoms with Crippen LogP contribution < -0.4 is 5.32 Å². The molecule has 0 bridgehead atoms. The zero-order chi connectivity index (χ0) is 12.3. The summed E-state index contributed by atoms with van der Waals surface area (Å²) in [5.41, 5.74) is 0.997. The number of pyridine rings is 1. The first kappa shape index (κ1) is 11.1. The van der Waals surface area contributed by atoms with Crippen molar-refractivity contribution >= 4 is 17.3 Å². The van der Waals surface area contributed by atoms with E-state index in [9.17, 15) is 9.18 Å². The highest BCUT2D eigenvalue weighted by molar-refractivity contribution is 5.89. The summed E-state index contributed by atoms with van der Waals surface area (Å²) in [7, 11) is 0. The van der Waals surface area contributed by atoms with Gasteiger partial charge in [-0.15, -0.1) is 0 Å². The van der Waals surface area contributed by atoms with Gasteiger partial charge in [0.2, 0.25) is 0 Å². The van der Waals surface area contributed by atoms with Gasteiger partial charge in [0.25, 0.3) is 0 Å². The van der Waals surface area contributed by atoms with Crippen molar-refractivity contribution in [1.82, 2.24) is 4.98 Å². The number of hydrogen-bond acceptors (Lipinski definition) is 3. The van der Waals surface area contributed by atoms with Gasteiger partial charge in [-0.3, -0.25) is 4.98 Å². The molecule has 0 spiro atoms. The Morgan fingerprint density at radius 3 is 2.53 bits per heavy atom. The quantitative estimate of drug-likeness (QED) is 0.853. The summed E-state index contributed by atoms with van der Waals surface area (Å²) in [6.45, 7) is 0. The van der Waals surface area contributed by atoms with Gasteiger partial charge in [-0.1, -0.05) is 0 Å². The summed E-state index contributed by atoms with van der Waals surface area (Å²) in [5.74, 6) is -1.76. The van der Waals surface area contributed by atoms with E-state index in [-0.39, 0.29) is 5.56 Å². The van der Waals surface area contributed by atoms with Crippen LogP contribution in [0.5, 0.6) is 0 Å². The molecule has 0 aliphatic heterocycles. The van der Waals surface area contributed by atoms with Crippen LogP contribution in [0.2, 0.25) is 0 Å². The van der Waals surface area contributed by atoms with Gasteiger partial charge < -0.3 is 10.4 Å². The van der Waals surface area contributed by atoms with E-state index < -0.39 is 11.8 Å². The summed E-state index contributed by atoms with van der Waals surface area (Å²) in [5, 5.41) is 11.7. The maximum absolute atomic E-state index is 13.2. The molecule has 0 atom stereocenters. The molecule has 0 amide bonds. The first-order valence-electron chi connectivity index (χ1n) is 4.86. The minimum absolute atomic E-state index is 0.0958. The average molecular weight is 232 g/mol. The molecule has 5 heteroatoms. The van der Waals surface area contributed by atoms with Crippen molar-refractivity contribution in [1.29, 1.82) is 0 Å². The van der Waals surface area contributed by atoms with Gasteiger partial charge in [-0.25, -0.2) is 9.18 Å². The molecule has 0 aliphatic carbocycles. The van der Waals surface area contributed by atoms with E-state index in [1.807, 2.05) is 0 Å². The van der Waals surface area contributed by atoms with Crippen LogP contribution >= 0.6 is 0 Å². The van der Waals surface area contributed by atoms with E-state index in [1.54, 1.807) is 24.5 Å². The number of halogens is 1. The number of carbonyl (C=O) groups is 1. The van der Waals surface area contributed by atoms with Crippen LogP contribution in [-0.2, 0) is 0 Å². The highest BCUT2D eigenvalue weighted by atomic mass is 19.1. The lowest BCUT2D eigenvalue weighted by molar-refractivity contribution is 0.0696. The van der Waals surface area contributed by atoms with Crippen LogP contribution in [-0.4, -0.2) is 16.1 Å². The Morgan fingerprint density at radius 2 is 1.88 bits per heavy atom. The third-order valence-corrected chi connectivity index (χ3v) is 2.11. The van der Waals surface area contributed by atoms with Crippen molar-refractivity contribution in [2.75, 3.05) is 5.32 Å². The molecular formula is C12H9FN2O2. The molecule has 0 saturated carbocycles. The molecule has 17 heavy (non-hydrogen) atoms. The van der Waals surface area contributed by atoms with E-state index in [4.69, 9.17) is 5.11 Å². The smallest absolute Gasteiger partial charge is 0.335 e. The zero-order valence-corrected chi connectivity index (χ0v) is 8.72. The van der Waals surface area contributed by atoms with Crippen LogP contribution in [0.1, 0.15) is 10.4 Å². The number of anilines is 2. The molecule has 2 aromatic rings. The van der Waals surface area contributed by atoms with Crippen molar-refractivity contribution in [3.63, 3.8) is 0 Å². The monoisotopic (exact) mass is 232 g/mol. The predicted octanol–water partition coefficient (Wildman–Crippen LogP) is 2.66. The summed E-state index contributed by atoms with van der Waals surface area (Å²) in [6, 6.07) is 6.97. The van der Waals surface area contributed by atoms with Crippen LogP contribution in [0.3, 0.4) is 0 Å². The van der Waals surface area contributed by atoms with Gasteiger partial charge in [-0.05, 0) is 30.3 Å². The minimum atomic E-state index is -1.16. The maximum Gasteiger partial charge on any atom is 0.335 e. The highest BCUT2D eigenvalue weighted by Gasteiger charge is 2.07. The lowest BCUT2D eigenvalue weighted by Gasteiger charge is -2.07. The molecule has 0 fully saturated rings. The summed E-state index contributed by atoms with van der Waals surface area (Å²) in [4.78, 5) is 14.6. The first-order chi connectivity index (χ1) is 8.15. The minimum Gasteiger partial charge on any atom is -0.478 e. The number of nitrogens with zero attached hydrogens (tertiary/aromatic N) is 1. The number of benzene rings is 1. The normalized spacial score (nSPS) is 9.94. The van der Waals surface area contributed by atoms with Gasteiger partial charge in [0.15, 0.2) is 0 Å². The fourth-order valence-corrected chi connectivity index (χ4v) is 1.39. The number of rotatable bonds is 3. The van der Waals surface area contributed by atoms with Gasteiger partial charge in [0.1, 0.15) is 5.82 Å². The molecule has 1 aromatic heterocycles. The molecule has 2 rings (SSSR count). The molecule has 1 aromatic carbocycles. The number of nitrogens with one attached hydrogen (secondary N) is 1. The summed E-state index contributed by atoms with van der Waals surface area (Å²) in [6.07, 6.45) is 3.17. The Labute approximate surface area is 96.7 Å². The molecule has 86 valence electrons. The Bertz CT molecular complexity index is 543. The van der Waals surface area contributed by atoms with Gasteiger partial charge >= 0.3 is 5.97 Å². The Kier molecular flexibility index (Phi) is 3.00. The molecule has 4 nitrogen and oxygen atoms in total. The SMILES string of the molecule is O=C(O)c1cc(F)cc(Nc2ccncc2)c1. The van der Waals surface area contributed by atoms with Crippen LogP contribution in [0, 0.1) is 5.82 Å². The molecule has 0 unspecified atom stereocenters. The van der Waals surface area contributed by atoms with Crippen molar-refractivity contribution in [2.45, 2.75) is 0 Å². The highest BCUT2D eigenvalue weighted by Crippen LogP contribution is 2.18. The standard InChI is InChI=1S/C12H9FN2O2/c13-9-5-8(12(16)17)6-11(7-9)15-10-1-3-14-4-2-10/h1-7H,(H,14,15)(H,16,17). The van der Waals surface area contributed by atoms with Gasteiger partial charge in [0, 0.05) is 23.8 Å². The number of carboxylic acids is 1. The zero-order valence-electron chi connectivity index (χ0n) is 8.72. The van der Waals surface area contributed by atoms with Crippen LogP contribution in [0.15, 0.2) is 42.7 Å². The fraction of sp³-hybridized carbons (Fsp3) is 0. The Morgan fingerprint density at radius 1 is 1.18 bits per heavy atom. The maximum atomic E-state index is 13.2. The molecule has 2 N–H and O–H groups in total. The molecule has 0 radical (unpaired) electrons.